The predicted molar refractivity (Wildman–Crippen MR) is 48.0 cm³/mol. The lowest BCUT2D eigenvalue weighted by Gasteiger charge is -2.31. The fraction of sp³-hybridized carbons (Fsp3) is 0.800. The van der Waals surface area contributed by atoms with Crippen molar-refractivity contribution in [2.45, 2.75) is 34.6 Å². The molecular weight excluding hydrogens is 120 g/mol. The summed E-state index contributed by atoms with van der Waals surface area (Å²) in [6.07, 6.45) is 2.05. The zero-order valence-corrected chi connectivity index (χ0v) is 7.94. The van der Waals surface area contributed by atoms with E-state index >= 15 is 0 Å². The molecule has 0 saturated heterocycles. The number of allylic oxidation sites excluding steroid dienone is 1. The van der Waals surface area contributed by atoms with E-state index in [4.69, 9.17) is 0 Å². The minimum atomic E-state index is 0.286. The maximum absolute atomic E-state index is 3.84. The van der Waals surface area contributed by atoms with Gasteiger partial charge in [-0.3, -0.25) is 0 Å². The van der Waals surface area contributed by atoms with Gasteiger partial charge in [0, 0.05) is 0 Å². The second kappa shape index (κ2) is 3.23. The number of hydrogen-bond acceptors (Lipinski definition) is 0. The smallest absolute Gasteiger partial charge is 0.0149 e. The van der Waals surface area contributed by atoms with Gasteiger partial charge in [0.1, 0.15) is 0 Å². The van der Waals surface area contributed by atoms with Gasteiger partial charge in [-0.25, -0.2) is 0 Å². The summed E-state index contributed by atoms with van der Waals surface area (Å²) >= 11 is 0. The molecule has 60 valence electrons. The van der Waals surface area contributed by atoms with Crippen LogP contribution in [0.4, 0.5) is 0 Å². The van der Waals surface area contributed by atoms with Crippen molar-refractivity contribution >= 4 is 0 Å². The van der Waals surface area contributed by atoms with Crippen molar-refractivity contribution in [1.82, 2.24) is 0 Å². The Morgan fingerprint density at radius 1 is 1.20 bits per heavy atom. The molecule has 0 rings (SSSR count). The Hall–Kier alpha value is -0.260. The van der Waals surface area contributed by atoms with Crippen LogP contribution in [-0.4, -0.2) is 0 Å². The molecule has 0 aromatic rings. The molecule has 0 aromatic heterocycles. The molecule has 0 nitrogen and oxygen atoms in total. The molecule has 0 fully saturated rings. The van der Waals surface area contributed by atoms with Gasteiger partial charge in [0.05, 0.1) is 0 Å². The van der Waals surface area contributed by atoms with Crippen molar-refractivity contribution in [2.75, 3.05) is 0 Å². The molecule has 0 amide bonds. The third-order valence-electron chi connectivity index (χ3n) is 2.70. The van der Waals surface area contributed by atoms with E-state index in [1.165, 1.54) is 0 Å². The average Bonchev–Trinajstić information content (AvgIpc) is 1.86. The SMILES string of the molecule is C=CC(C)(C)[C@H](C)C(C)C. The average molecular weight is 140 g/mol. The Morgan fingerprint density at radius 2 is 1.60 bits per heavy atom. The fourth-order valence-electron chi connectivity index (χ4n) is 1.05. The summed E-state index contributed by atoms with van der Waals surface area (Å²) in [5.74, 6) is 1.46. The number of hydrogen-bond donors (Lipinski definition) is 0. The van der Waals surface area contributed by atoms with Crippen molar-refractivity contribution in [3.8, 4) is 0 Å². The van der Waals surface area contributed by atoms with Crippen molar-refractivity contribution in [2.24, 2.45) is 17.3 Å². The van der Waals surface area contributed by atoms with E-state index in [9.17, 15) is 0 Å². The van der Waals surface area contributed by atoms with Crippen LogP contribution in [0.25, 0.3) is 0 Å². The quantitative estimate of drug-likeness (QED) is 0.526. The summed E-state index contributed by atoms with van der Waals surface area (Å²) < 4.78 is 0. The lowest BCUT2D eigenvalue weighted by atomic mass is 9.74. The Kier molecular flexibility index (Phi) is 3.14. The van der Waals surface area contributed by atoms with Crippen LogP contribution in [0, 0.1) is 17.3 Å². The van der Waals surface area contributed by atoms with Gasteiger partial charge < -0.3 is 0 Å². The maximum atomic E-state index is 3.84. The van der Waals surface area contributed by atoms with Gasteiger partial charge in [0.25, 0.3) is 0 Å². The zero-order valence-electron chi connectivity index (χ0n) is 7.94. The van der Waals surface area contributed by atoms with Gasteiger partial charge in [-0.2, -0.15) is 0 Å². The largest absolute Gasteiger partial charge is 0.103 e. The molecule has 0 heterocycles. The third-order valence-corrected chi connectivity index (χ3v) is 2.70. The van der Waals surface area contributed by atoms with E-state index in [2.05, 4.69) is 47.3 Å². The minimum absolute atomic E-state index is 0.286. The zero-order chi connectivity index (χ0) is 8.36. The highest BCUT2D eigenvalue weighted by Crippen LogP contribution is 2.32. The Labute approximate surface area is 65.3 Å². The predicted octanol–water partition coefficient (Wildman–Crippen LogP) is 3.49. The summed E-state index contributed by atoms with van der Waals surface area (Å²) in [7, 11) is 0. The summed E-state index contributed by atoms with van der Waals surface area (Å²) in [5.41, 5.74) is 0.286. The van der Waals surface area contributed by atoms with Crippen LogP contribution < -0.4 is 0 Å². The van der Waals surface area contributed by atoms with Gasteiger partial charge in [-0.1, -0.05) is 40.7 Å². The molecule has 0 radical (unpaired) electrons. The summed E-state index contributed by atoms with van der Waals surface area (Å²) in [6, 6.07) is 0. The summed E-state index contributed by atoms with van der Waals surface area (Å²) in [5, 5.41) is 0. The van der Waals surface area contributed by atoms with E-state index in [0.717, 1.165) is 5.92 Å². The van der Waals surface area contributed by atoms with Crippen molar-refractivity contribution in [3.63, 3.8) is 0 Å². The highest BCUT2D eigenvalue weighted by Gasteiger charge is 2.24. The Morgan fingerprint density at radius 3 is 1.70 bits per heavy atom. The maximum Gasteiger partial charge on any atom is -0.0149 e. The first-order chi connectivity index (χ1) is 4.41. The summed E-state index contributed by atoms with van der Waals surface area (Å²) in [6.45, 7) is 15.1. The molecule has 0 heteroatoms. The minimum Gasteiger partial charge on any atom is -0.103 e. The van der Waals surface area contributed by atoms with Crippen molar-refractivity contribution in [3.05, 3.63) is 12.7 Å². The molecule has 0 aliphatic carbocycles. The first kappa shape index (κ1) is 9.74. The van der Waals surface area contributed by atoms with Gasteiger partial charge >= 0.3 is 0 Å². The van der Waals surface area contributed by atoms with Crippen LogP contribution in [0.5, 0.6) is 0 Å². The van der Waals surface area contributed by atoms with E-state index in [0.29, 0.717) is 5.92 Å². The van der Waals surface area contributed by atoms with E-state index in [1.807, 2.05) is 0 Å². The van der Waals surface area contributed by atoms with E-state index in [-0.39, 0.29) is 5.41 Å². The Balaban J connectivity index is 4.17. The molecule has 0 unspecified atom stereocenters. The lowest BCUT2D eigenvalue weighted by Crippen LogP contribution is -2.23. The molecule has 0 N–H and O–H groups in total. The fourth-order valence-corrected chi connectivity index (χ4v) is 1.05. The molecule has 0 saturated carbocycles. The van der Waals surface area contributed by atoms with Crippen LogP contribution in [0.1, 0.15) is 34.6 Å². The molecular formula is C10H20. The molecule has 1 atom stereocenters. The molecule has 0 aromatic carbocycles. The van der Waals surface area contributed by atoms with Crippen LogP contribution in [0.2, 0.25) is 0 Å². The highest BCUT2D eigenvalue weighted by atomic mass is 14.3. The van der Waals surface area contributed by atoms with Gasteiger partial charge in [-0.05, 0) is 17.3 Å². The second-order valence-corrected chi connectivity index (χ2v) is 4.06. The van der Waals surface area contributed by atoms with E-state index in [1.54, 1.807) is 0 Å². The first-order valence-electron chi connectivity index (χ1n) is 4.05. The molecule has 0 spiro atoms. The topological polar surface area (TPSA) is 0 Å². The van der Waals surface area contributed by atoms with Gasteiger partial charge in [0.2, 0.25) is 0 Å². The highest BCUT2D eigenvalue weighted by molar-refractivity contribution is 4.92. The first-order valence-corrected chi connectivity index (χ1v) is 4.05. The van der Waals surface area contributed by atoms with Crippen LogP contribution >= 0.6 is 0 Å². The van der Waals surface area contributed by atoms with Crippen molar-refractivity contribution < 1.29 is 0 Å². The standard InChI is InChI=1S/C10H20/c1-7-10(5,6)9(4)8(2)3/h7-9H,1H2,2-6H3/t9-/m1/s1. The monoisotopic (exact) mass is 140 g/mol. The second-order valence-electron chi connectivity index (χ2n) is 4.06. The molecule has 0 bridgehead atoms. The van der Waals surface area contributed by atoms with Crippen molar-refractivity contribution in [1.29, 1.82) is 0 Å². The third kappa shape index (κ3) is 2.17. The van der Waals surface area contributed by atoms with Crippen LogP contribution in [0.15, 0.2) is 12.7 Å². The molecule has 10 heavy (non-hydrogen) atoms. The van der Waals surface area contributed by atoms with Gasteiger partial charge in [-0.15, -0.1) is 6.58 Å². The van der Waals surface area contributed by atoms with Crippen LogP contribution in [0.3, 0.4) is 0 Å². The molecule has 0 aliphatic heterocycles. The van der Waals surface area contributed by atoms with Gasteiger partial charge in [0.15, 0.2) is 0 Å². The number of rotatable bonds is 3. The van der Waals surface area contributed by atoms with E-state index < -0.39 is 0 Å². The molecule has 0 aliphatic rings. The van der Waals surface area contributed by atoms with Crippen LogP contribution in [-0.2, 0) is 0 Å². The summed E-state index contributed by atoms with van der Waals surface area (Å²) in [4.78, 5) is 0. The lowest BCUT2D eigenvalue weighted by molar-refractivity contribution is 0.234. The Bertz CT molecular complexity index is 109. The normalized spacial score (nSPS) is 15.4.